The zero-order valence-electron chi connectivity index (χ0n) is 17.5. The summed E-state index contributed by atoms with van der Waals surface area (Å²) in [6.07, 6.45) is 4.73. The van der Waals surface area contributed by atoms with E-state index in [0.29, 0.717) is 10.7 Å². The van der Waals surface area contributed by atoms with Crippen LogP contribution in [0.5, 0.6) is 0 Å². The monoisotopic (exact) mass is 431 g/mol. The lowest BCUT2D eigenvalue weighted by Gasteiger charge is -2.53. The minimum Gasteiger partial charge on any atom is -0.301 e. The molecule has 1 N–H and O–H groups in total. The van der Waals surface area contributed by atoms with E-state index >= 15 is 0 Å². The maximum atomic E-state index is 13.8. The van der Waals surface area contributed by atoms with E-state index in [9.17, 15) is 9.59 Å². The van der Waals surface area contributed by atoms with Crippen LogP contribution in [0, 0.1) is 6.92 Å². The van der Waals surface area contributed by atoms with Crippen LogP contribution in [-0.2, 0) is 4.79 Å². The lowest BCUT2D eigenvalue weighted by Crippen LogP contribution is -2.62. The second kappa shape index (κ2) is 7.93. The zero-order chi connectivity index (χ0) is 21.4. The Labute approximate surface area is 186 Å². The van der Waals surface area contributed by atoms with Gasteiger partial charge in [0.2, 0.25) is 5.91 Å². The summed E-state index contributed by atoms with van der Waals surface area (Å²) < 4.78 is 0. The number of hydrogen-bond donors (Lipinski definition) is 1. The number of nitrogens with zero attached hydrogens (tertiary/aromatic N) is 2. The molecule has 31 heavy (non-hydrogen) atoms. The molecule has 0 unspecified atom stereocenters. The molecule has 0 saturated heterocycles. The van der Waals surface area contributed by atoms with Gasteiger partial charge in [-0.2, -0.15) is 0 Å². The van der Waals surface area contributed by atoms with Gasteiger partial charge in [-0.1, -0.05) is 55.7 Å². The molecule has 1 spiro atoms. The van der Waals surface area contributed by atoms with Crippen LogP contribution in [0.15, 0.2) is 60.0 Å². The third kappa shape index (κ3) is 3.35. The minimum absolute atomic E-state index is 0.0159. The van der Waals surface area contributed by atoms with E-state index in [1.807, 2.05) is 71.8 Å². The average Bonchev–Trinajstić information content (AvgIpc) is 3.19. The molecule has 1 fully saturated rings. The summed E-state index contributed by atoms with van der Waals surface area (Å²) in [6.45, 7) is 1.92. The number of nitrogens with one attached hydrogen (secondary N) is 1. The SMILES string of the molecule is Cc1csc(NC(=O)[C@@H]2c3ccccc3C(=O)N(c3ccccc3)C23CCCCC3)n1. The molecular formula is C25H25N3O2S. The Morgan fingerprint density at radius 1 is 1.06 bits per heavy atom. The molecule has 6 heteroatoms. The van der Waals surface area contributed by atoms with E-state index in [1.165, 1.54) is 11.3 Å². The molecule has 3 aromatic rings. The van der Waals surface area contributed by atoms with E-state index in [-0.39, 0.29) is 11.8 Å². The normalized spacial score (nSPS) is 19.8. The minimum atomic E-state index is -0.582. The van der Waals surface area contributed by atoms with Crippen LogP contribution in [0.3, 0.4) is 0 Å². The van der Waals surface area contributed by atoms with E-state index in [4.69, 9.17) is 0 Å². The number of carbonyl (C=O) groups excluding carboxylic acids is 2. The first-order chi connectivity index (χ1) is 15.1. The largest absolute Gasteiger partial charge is 0.301 e. The first-order valence-corrected chi connectivity index (χ1v) is 11.7. The topological polar surface area (TPSA) is 62.3 Å². The molecular weight excluding hydrogens is 406 g/mol. The van der Waals surface area contributed by atoms with E-state index in [1.54, 1.807) is 0 Å². The van der Waals surface area contributed by atoms with Crippen molar-refractivity contribution in [3.8, 4) is 0 Å². The molecule has 2 amide bonds. The third-order valence-electron chi connectivity index (χ3n) is 6.53. The Kier molecular flexibility index (Phi) is 5.10. The first kappa shape index (κ1) is 19.9. The fourth-order valence-corrected chi connectivity index (χ4v) is 5.98. The highest BCUT2D eigenvalue weighted by atomic mass is 32.1. The molecule has 0 bridgehead atoms. The van der Waals surface area contributed by atoms with Gasteiger partial charge in [0.05, 0.1) is 17.2 Å². The molecule has 1 saturated carbocycles. The molecule has 2 aliphatic rings. The fourth-order valence-electron chi connectivity index (χ4n) is 5.29. The van der Waals surface area contributed by atoms with Crippen molar-refractivity contribution in [2.75, 3.05) is 10.2 Å². The van der Waals surface area contributed by atoms with Gasteiger partial charge in [0.15, 0.2) is 5.13 Å². The van der Waals surface area contributed by atoms with Crippen molar-refractivity contribution in [1.29, 1.82) is 0 Å². The smallest absolute Gasteiger partial charge is 0.259 e. The Morgan fingerprint density at radius 3 is 2.48 bits per heavy atom. The Hall–Kier alpha value is -2.99. The van der Waals surface area contributed by atoms with Crippen LogP contribution in [-0.4, -0.2) is 22.3 Å². The number of anilines is 2. The highest BCUT2D eigenvalue weighted by Crippen LogP contribution is 2.51. The van der Waals surface area contributed by atoms with Crippen LogP contribution in [0.2, 0.25) is 0 Å². The summed E-state index contributed by atoms with van der Waals surface area (Å²) in [5, 5.41) is 5.60. The number of hydrogen-bond acceptors (Lipinski definition) is 4. The maximum Gasteiger partial charge on any atom is 0.259 e. The molecule has 0 radical (unpaired) electrons. The van der Waals surface area contributed by atoms with Gasteiger partial charge in [-0.25, -0.2) is 4.98 Å². The number of carbonyl (C=O) groups is 2. The number of benzene rings is 2. The van der Waals surface area contributed by atoms with Gasteiger partial charge in [-0.3, -0.25) is 9.59 Å². The van der Waals surface area contributed by atoms with Crippen LogP contribution in [0.1, 0.15) is 59.6 Å². The molecule has 5 rings (SSSR count). The fraction of sp³-hybridized carbons (Fsp3) is 0.320. The van der Waals surface area contributed by atoms with Crippen molar-refractivity contribution in [3.05, 3.63) is 76.8 Å². The summed E-state index contributed by atoms with van der Waals surface area (Å²) in [6, 6.07) is 17.4. The number of aryl methyl sites for hydroxylation is 1. The average molecular weight is 432 g/mol. The number of aromatic nitrogens is 1. The van der Waals surface area contributed by atoms with Gasteiger partial charge in [-0.15, -0.1) is 11.3 Å². The molecule has 1 atom stereocenters. The molecule has 2 aromatic carbocycles. The highest BCUT2D eigenvalue weighted by molar-refractivity contribution is 7.13. The van der Waals surface area contributed by atoms with Crippen molar-refractivity contribution in [2.45, 2.75) is 50.5 Å². The van der Waals surface area contributed by atoms with Crippen LogP contribution < -0.4 is 10.2 Å². The second-order valence-electron chi connectivity index (χ2n) is 8.44. The van der Waals surface area contributed by atoms with Gasteiger partial charge in [0.25, 0.3) is 5.91 Å². The zero-order valence-corrected chi connectivity index (χ0v) is 18.3. The van der Waals surface area contributed by atoms with E-state index in [2.05, 4.69) is 10.3 Å². The van der Waals surface area contributed by atoms with Gasteiger partial charge >= 0.3 is 0 Å². The van der Waals surface area contributed by atoms with Crippen molar-refractivity contribution < 1.29 is 9.59 Å². The summed E-state index contributed by atoms with van der Waals surface area (Å²) in [7, 11) is 0. The second-order valence-corrected chi connectivity index (χ2v) is 9.30. The van der Waals surface area contributed by atoms with E-state index < -0.39 is 11.5 Å². The number of fused-ring (bicyclic) bond motifs is 1. The number of rotatable bonds is 3. The Morgan fingerprint density at radius 2 is 1.77 bits per heavy atom. The van der Waals surface area contributed by atoms with Gasteiger partial charge in [0.1, 0.15) is 0 Å². The molecule has 158 valence electrons. The first-order valence-electron chi connectivity index (χ1n) is 10.8. The lowest BCUT2D eigenvalue weighted by atomic mass is 9.65. The Balaban J connectivity index is 1.68. The summed E-state index contributed by atoms with van der Waals surface area (Å²) >= 11 is 1.43. The summed E-state index contributed by atoms with van der Waals surface area (Å²) in [5.41, 5.74) is 2.59. The predicted molar refractivity (Wildman–Crippen MR) is 124 cm³/mol. The highest BCUT2D eigenvalue weighted by Gasteiger charge is 2.55. The van der Waals surface area contributed by atoms with Crippen molar-refractivity contribution >= 4 is 34.0 Å². The van der Waals surface area contributed by atoms with Gasteiger partial charge < -0.3 is 10.2 Å². The molecule has 1 aliphatic heterocycles. The molecule has 1 aliphatic carbocycles. The predicted octanol–water partition coefficient (Wildman–Crippen LogP) is 5.54. The lowest BCUT2D eigenvalue weighted by molar-refractivity contribution is -0.119. The molecule has 5 nitrogen and oxygen atoms in total. The van der Waals surface area contributed by atoms with Gasteiger partial charge in [-0.05, 0) is 43.5 Å². The Bertz CT molecular complexity index is 1120. The van der Waals surface area contributed by atoms with Gasteiger partial charge in [0, 0.05) is 16.6 Å². The molecule has 2 heterocycles. The molecule has 1 aromatic heterocycles. The van der Waals surface area contributed by atoms with Crippen molar-refractivity contribution in [2.24, 2.45) is 0 Å². The van der Waals surface area contributed by atoms with Crippen LogP contribution in [0.4, 0.5) is 10.8 Å². The summed E-state index contributed by atoms with van der Waals surface area (Å²) in [5.74, 6) is -0.555. The van der Waals surface area contributed by atoms with Crippen molar-refractivity contribution in [1.82, 2.24) is 4.98 Å². The number of amides is 2. The standard InChI is InChI=1S/C25H25N3O2S/c1-17-16-31-24(26-17)27-22(29)21-19-12-6-7-13-20(19)23(30)28(18-10-4-2-5-11-18)25(21)14-8-3-9-15-25/h2,4-7,10-13,16,21H,3,8-9,14-15H2,1H3,(H,26,27,29)/t21-/m0/s1. The number of para-hydroxylation sites is 1. The van der Waals surface area contributed by atoms with E-state index in [0.717, 1.165) is 49.0 Å². The quantitative estimate of drug-likeness (QED) is 0.592. The van der Waals surface area contributed by atoms with Crippen LogP contribution >= 0.6 is 11.3 Å². The third-order valence-corrected chi connectivity index (χ3v) is 7.41. The number of thiazole rings is 1. The maximum absolute atomic E-state index is 13.8. The van der Waals surface area contributed by atoms with Crippen molar-refractivity contribution in [3.63, 3.8) is 0 Å². The summed E-state index contributed by atoms with van der Waals surface area (Å²) in [4.78, 5) is 34.0. The van der Waals surface area contributed by atoms with Crippen LogP contribution in [0.25, 0.3) is 0 Å².